The second kappa shape index (κ2) is 6.95. The number of likely N-dealkylation sites (tertiary alicyclic amines) is 2. The smallest absolute Gasteiger partial charge is 0.257 e. The lowest BCUT2D eigenvalue weighted by Gasteiger charge is -2.39. The van der Waals surface area contributed by atoms with Gasteiger partial charge in [0.2, 0.25) is 11.9 Å². The lowest BCUT2D eigenvalue weighted by molar-refractivity contribution is -0.146. The van der Waals surface area contributed by atoms with E-state index in [4.69, 9.17) is 10.5 Å². The SMILES string of the molecule is COCCN1CCCC2(CCN(C(=O)c3cnc(N)nc3C)C2)C1=O. The molecule has 2 aliphatic rings. The quantitative estimate of drug-likeness (QED) is 0.849. The van der Waals surface area contributed by atoms with Crippen molar-refractivity contribution in [2.45, 2.75) is 26.2 Å². The molecule has 0 bridgehead atoms. The Balaban J connectivity index is 1.73. The number of aryl methyl sites for hydroxylation is 1. The van der Waals surface area contributed by atoms with Crippen molar-refractivity contribution in [1.29, 1.82) is 0 Å². The molecule has 3 heterocycles. The molecule has 2 fully saturated rings. The molecule has 0 aliphatic carbocycles. The van der Waals surface area contributed by atoms with Gasteiger partial charge in [-0.3, -0.25) is 9.59 Å². The van der Waals surface area contributed by atoms with E-state index < -0.39 is 5.41 Å². The van der Waals surface area contributed by atoms with Crippen LogP contribution in [0.3, 0.4) is 0 Å². The highest BCUT2D eigenvalue weighted by molar-refractivity contribution is 5.96. The van der Waals surface area contributed by atoms with E-state index in [1.807, 2.05) is 4.90 Å². The van der Waals surface area contributed by atoms with Gasteiger partial charge in [0.1, 0.15) is 0 Å². The summed E-state index contributed by atoms with van der Waals surface area (Å²) in [5.74, 6) is 0.177. The molecular formula is C17H25N5O3. The third-order valence-corrected chi connectivity index (χ3v) is 5.26. The summed E-state index contributed by atoms with van der Waals surface area (Å²) in [5, 5.41) is 0. The Morgan fingerprint density at radius 1 is 1.40 bits per heavy atom. The first-order valence-electron chi connectivity index (χ1n) is 8.63. The number of anilines is 1. The summed E-state index contributed by atoms with van der Waals surface area (Å²) in [6, 6.07) is 0. The first-order chi connectivity index (χ1) is 12.0. The molecule has 136 valence electrons. The zero-order valence-corrected chi connectivity index (χ0v) is 14.8. The van der Waals surface area contributed by atoms with Gasteiger partial charge in [-0.05, 0) is 26.2 Å². The van der Waals surface area contributed by atoms with Gasteiger partial charge in [0, 0.05) is 39.5 Å². The van der Waals surface area contributed by atoms with Gasteiger partial charge in [-0.25, -0.2) is 9.97 Å². The number of carbonyl (C=O) groups is 2. The number of amides is 2. The van der Waals surface area contributed by atoms with Crippen LogP contribution in [0.5, 0.6) is 0 Å². The summed E-state index contributed by atoms with van der Waals surface area (Å²) in [5.41, 5.74) is 6.12. The molecule has 1 spiro atoms. The van der Waals surface area contributed by atoms with Crippen LogP contribution < -0.4 is 5.73 Å². The molecule has 2 amide bonds. The van der Waals surface area contributed by atoms with Gasteiger partial charge in [0.15, 0.2) is 0 Å². The minimum Gasteiger partial charge on any atom is -0.383 e. The standard InChI is InChI=1S/C17H25N5O3/c1-12-13(10-19-16(18)20-12)14(23)22-7-5-17(11-22)4-3-6-21(15(17)24)8-9-25-2/h10H,3-9,11H2,1-2H3,(H2,18,19,20). The molecule has 8 nitrogen and oxygen atoms in total. The molecule has 1 aromatic rings. The molecule has 1 atom stereocenters. The topological polar surface area (TPSA) is 102 Å². The minimum atomic E-state index is -0.454. The van der Waals surface area contributed by atoms with Crippen LogP contribution in [-0.4, -0.2) is 71.5 Å². The van der Waals surface area contributed by atoms with E-state index in [2.05, 4.69) is 9.97 Å². The molecule has 25 heavy (non-hydrogen) atoms. The third kappa shape index (κ3) is 3.30. The summed E-state index contributed by atoms with van der Waals surface area (Å²) >= 11 is 0. The first kappa shape index (κ1) is 17.6. The molecule has 0 saturated carbocycles. The van der Waals surface area contributed by atoms with Crippen molar-refractivity contribution in [2.75, 3.05) is 45.6 Å². The number of ether oxygens (including phenoxy) is 1. The lowest BCUT2D eigenvalue weighted by Crippen LogP contribution is -2.51. The number of carbonyl (C=O) groups excluding carboxylic acids is 2. The number of nitrogen functional groups attached to an aromatic ring is 1. The van der Waals surface area contributed by atoms with Crippen LogP contribution in [0.25, 0.3) is 0 Å². The van der Waals surface area contributed by atoms with E-state index in [0.717, 1.165) is 19.4 Å². The predicted molar refractivity (Wildman–Crippen MR) is 91.8 cm³/mol. The van der Waals surface area contributed by atoms with Crippen LogP contribution in [0.15, 0.2) is 6.20 Å². The summed E-state index contributed by atoms with van der Waals surface area (Å²) < 4.78 is 5.10. The van der Waals surface area contributed by atoms with Gasteiger partial charge >= 0.3 is 0 Å². The largest absolute Gasteiger partial charge is 0.383 e. The molecule has 1 unspecified atom stereocenters. The average molecular weight is 347 g/mol. The fourth-order valence-corrected chi connectivity index (χ4v) is 3.86. The van der Waals surface area contributed by atoms with Crippen LogP contribution in [0.1, 0.15) is 35.3 Å². The Morgan fingerprint density at radius 2 is 2.20 bits per heavy atom. The van der Waals surface area contributed by atoms with Crippen LogP contribution in [0, 0.1) is 12.3 Å². The molecule has 2 N–H and O–H groups in total. The van der Waals surface area contributed by atoms with E-state index in [0.29, 0.717) is 43.9 Å². The molecule has 0 aromatic carbocycles. The van der Waals surface area contributed by atoms with Gasteiger partial charge in [-0.2, -0.15) is 0 Å². The highest BCUT2D eigenvalue weighted by atomic mass is 16.5. The minimum absolute atomic E-state index is 0.129. The maximum atomic E-state index is 13.0. The number of piperidine rings is 1. The number of hydrogen-bond acceptors (Lipinski definition) is 6. The second-order valence-corrected chi connectivity index (χ2v) is 6.87. The van der Waals surface area contributed by atoms with Crippen LogP contribution in [-0.2, 0) is 9.53 Å². The van der Waals surface area contributed by atoms with Gasteiger partial charge in [0.25, 0.3) is 5.91 Å². The number of aromatic nitrogens is 2. The van der Waals surface area contributed by atoms with Gasteiger partial charge in [0.05, 0.1) is 23.3 Å². The van der Waals surface area contributed by atoms with Crippen LogP contribution in [0.2, 0.25) is 0 Å². The van der Waals surface area contributed by atoms with Crippen molar-refractivity contribution in [1.82, 2.24) is 19.8 Å². The molecule has 8 heteroatoms. The van der Waals surface area contributed by atoms with Crippen LogP contribution in [0.4, 0.5) is 5.95 Å². The fraction of sp³-hybridized carbons (Fsp3) is 0.647. The zero-order chi connectivity index (χ0) is 18.0. The van der Waals surface area contributed by atoms with Crippen molar-refractivity contribution in [3.63, 3.8) is 0 Å². The molecule has 2 saturated heterocycles. The van der Waals surface area contributed by atoms with E-state index in [1.54, 1.807) is 18.9 Å². The van der Waals surface area contributed by atoms with Gasteiger partial charge in [-0.15, -0.1) is 0 Å². The first-order valence-corrected chi connectivity index (χ1v) is 8.63. The number of methoxy groups -OCH3 is 1. The van der Waals surface area contributed by atoms with Crippen molar-refractivity contribution in [2.24, 2.45) is 5.41 Å². The average Bonchev–Trinajstić information content (AvgIpc) is 3.01. The molecule has 1 aromatic heterocycles. The van der Waals surface area contributed by atoms with E-state index in [9.17, 15) is 9.59 Å². The Morgan fingerprint density at radius 3 is 2.92 bits per heavy atom. The Labute approximate surface area is 147 Å². The fourth-order valence-electron chi connectivity index (χ4n) is 3.86. The zero-order valence-electron chi connectivity index (χ0n) is 14.8. The lowest BCUT2D eigenvalue weighted by atomic mass is 9.78. The maximum absolute atomic E-state index is 13.0. The summed E-state index contributed by atoms with van der Waals surface area (Å²) in [6.07, 6.45) is 3.96. The van der Waals surface area contributed by atoms with Crippen molar-refractivity contribution in [3.05, 3.63) is 17.5 Å². The summed E-state index contributed by atoms with van der Waals surface area (Å²) in [6.45, 7) is 4.69. The third-order valence-electron chi connectivity index (χ3n) is 5.26. The monoisotopic (exact) mass is 347 g/mol. The second-order valence-electron chi connectivity index (χ2n) is 6.87. The van der Waals surface area contributed by atoms with Crippen LogP contribution >= 0.6 is 0 Å². The van der Waals surface area contributed by atoms with E-state index in [-0.39, 0.29) is 17.8 Å². The van der Waals surface area contributed by atoms with Crippen molar-refractivity contribution < 1.29 is 14.3 Å². The molecule has 2 aliphatic heterocycles. The maximum Gasteiger partial charge on any atom is 0.257 e. The van der Waals surface area contributed by atoms with E-state index in [1.165, 1.54) is 6.20 Å². The number of rotatable bonds is 4. The van der Waals surface area contributed by atoms with Gasteiger partial charge < -0.3 is 20.3 Å². The van der Waals surface area contributed by atoms with Gasteiger partial charge in [-0.1, -0.05) is 0 Å². The van der Waals surface area contributed by atoms with Crippen molar-refractivity contribution >= 4 is 17.8 Å². The number of nitrogens with two attached hydrogens (primary N) is 1. The Bertz CT molecular complexity index is 680. The molecular weight excluding hydrogens is 322 g/mol. The van der Waals surface area contributed by atoms with Crippen molar-refractivity contribution in [3.8, 4) is 0 Å². The summed E-state index contributed by atoms with van der Waals surface area (Å²) in [4.78, 5) is 37.4. The highest BCUT2D eigenvalue weighted by Crippen LogP contribution is 2.40. The summed E-state index contributed by atoms with van der Waals surface area (Å²) in [7, 11) is 1.64. The van der Waals surface area contributed by atoms with E-state index >= 15 is 0 Å². The highest BCUT2D eigenvalue weighted by Gasteiger charge is 2.49. The number of nitrogens with zero attached hydrogens (tertiary/aromatic N) is 4. The number of hydrogen-bond donors (Lipinski definition) is 1. The molecule has 3 rings (SSSR count). The Hall–Kier alpha value is -2.22. The Kier molecular flexibility index (Phi) is 4.89. The molecule has 0 radical (unpaired) electrons. The predicted octanol–water partition coefficient (Wildman–Crippen LogP) is 0.468. The normalized spacial score (nSPS) is 23.5.